The van der Waals surface area contributed by atoms with Crippen molar-refractivity contribution in [3.8, 4) is 0 Å². The van der Waals surface area contributed by atoms with Gasteiger partial charge in [0.15, 0.2) is 80.1 Å². The summed E-state index contributed by atoms with van der Waals surface area (Å²) in [7, 11) is 0. The number of carbonyl (C=O) groups excluding carboxylic acids is 12. The highest BCUT2D eigenvalue weighted by Gasteiger charge is 2.62. The molecule has 0 aliphatic carbocycles. The molecule has 4 heterocycles. The highest BCUT2D eigenvalue weighted by molar-refractivity contribution is 5.93. The van der Waals surface area contributed by atoms with Crippen LogP contribution in [-0.4, -0.2) is 220 Å². The normalized spacial score (nSPS) is 24.7. The van der Waals surface area contributed by atoms with Gasteiger partial charge in [-0.3, -0.25) is 28.8 Å². The summed E-state index contributed by atoms with van der Waals surface area (Å²) in [5.41, 5.74) is -5.33. The molecule has 10 rings (SSSR count). The monoisotopic (exact) mass is 1680 g/mol. The molecule has 4 aliphatic rings. The summed E-state index contributed by atoms with van der Waals surface area (Å²) in [4.78, 5) is 171. The van der Waals surface area contributed by atoms with Crippen molar-refractivity contribution in [3.63, 3.8) is 0 Å². The Morgan fingerprint density at radius 2 is 0.603 bits per heavy atom. The van der Waals surface area contributed by atoms with Gasteiger partial charge in [0.25, 0.3) is 0 Å². The standard InChI is InChI=1S/C89H100O32/c1-49(90)107-66-62(118-79(70(66)120-84(101)88(9,10)11)104-46-57(109-73(93)52-35-23-16-24-36-52)61-65(115-75(95)54-39-27-18-28-40-54)68(78(98)114-61)116-76(96)55-41-29-19-30-42-55)59(47-105-82(99)86(3,4)5)112-81-71(121-85(102)89(12,13)14)67(108-50(2)91)63(119-81)60(48-106-83(100)87(6,7)8)111-80-69(117-77(97)56-43-31-20-32-44-56)64(113-74(94)53-37-25-17-26-38-53)58(110-80)45-103-72(92)51-33-21-15-22-34-51/h15-44,57-71,78-81,98H,45-48H2,1-14H3/t57-,58-,59-,60-,61+,62+,63+,64-,65+,66+,67+,68-,69+,70-,71-,78?,79-,80-,81-/m1/s1. The molecule has 4 aliphatic heterocycles. The maximum atomic E-state index is 14.7. The second-order valence-corrected chi connectivity index (χ2v) is 33.0. The zero-order valence-corrected chi connectivity index (χ0v) is 69.2. The second kappa shape index (κ2) is 40.3. The van der Waals surface area contributed by atoms with Crippen LogP contribution in [0.2, 0.25) is 0 Å². The van der Waals surface area contributed by atoms with Gasteiger partial charge in [-0.15, -0.1) is 0 Å². The molecule has 648 valence electrons. The lowest BCUT2D eigenvalue weighted by Gasteiger charge is -2.32. The van der Waals surface area contributed by atoms with Crippen LogP contribution in [0.15, 0.2) is 182 Å². The molecule has 32 nitrogen and oxygen atoms in total. The number of ether oxygens (including phenoxy) is 19. The first kappa shape index (κ1) is 91.9. The van der Waals surface area contributed by atoms with Crippen molar-refractivity contribution in [2.24, 2.45) is 21.7 Å². The summed E-state index contributed by atoms with van der Waals surface area (Å²) in [5.74, 6) is -11.8. The Bertz CT molecular complexity index is 4560. The SMILES string of the molecule is CC(=O)O[C@H]1[C@H]([C@@H](COC(=O)C(C)(C)C)O[C@H]2O[C@H](COC(=O)c3ccccc3)[C@@H](OC(=O)c3ccccc3)[C@@H]2OC(=O)c2ccccc2)O[C@@H](O[C@H](COC(=O)C(C)(C)C)[C@@H]2O[C@@H](OC[C@@H](OC(=O)c3ccccc3)[C@@H]3OC(O)[C@H](OC(=O)c4ccccc4)[C@H]3OC(=O)c3ccccc3)[C@H](OC(=O)C(C)(C)C)[C@H]2OC(C)=O)[C@@H]1OC(=O)C(C)(C)C. The topological polar surface area (TPSA) is 400 Å². The van der Waals surface area contributed by atoms with E-state index in [0.717, 1.165) is 13.8 Å². The van der Waals surface area contributed by atoms with Gasteiger partial charge in [0.1, 0.15) is 56.4 Å². The summed E-state index contributed by atoms with van der Waals surface area (Å²) >= 11 is 0. The molecule has 32 heteroatoms. The molecular weight excluding hydrogens is 1580 g/mol. The van der Waals surface area contributed by atoms with Gasteiger partial charge < -0.3 is 95.1 Å². The number of esters is 12. The minimum atomic E-state index is -2.17. The molecule has 0 bridgehead atoms. The van der Waals surface area contributed by atoms with E-state index in [9.17, 15) is 62.6 Å². The van der Waals surface area contributed by atoms with Crippen molar-refractivity contribution in [2.75, 3.05) is 26.4 Å². The third kappa shape index (κ3) is 24.5. The van der Waals surface area contributed by atoms with Crippen LogP contribution in [0.1, 0.15) is 159 Å². The number of rotatable bonds is 31. The van der Waals surface area contributed by atoms with Crippen LogP contribution in [0, 0.1) is 21.7 Å². The van der Waals surface area contributed by atoms with E-state index in [2.05, 4.69) is 0 Å². The molecule has 0 amide bonds. The molecule has 6 aromatic rings. The molecule has 4 fully saturated rings. The molecule has 0 saturated carbocycles. The van der Waals surface area contributed by atoms with E-state index in [0.29, 0.717) is 0 Å². The maximum absolute atomic E-state index is 14.7. The van der Waals surface area contributed by atoms with Crippen LogP contribution >= 0.6 is 0 Å². The van der Waals surface area contributed by atoms with Gasteiger partial charge in [-0.25, -0.2) is 28.8 Å². The Labute approximate surface area is 698 Å². The summed E-state index contributed by atoms with van der Waals surface area (Å²) in [6, 6.07) is 45.6. The summed E-state index contributed by atoms with van der Waals surface area (Å²) in [6.45, 7) is 16.5. The smallest absolute Gasteiger partial charge is 0.338 e. The fourth-order valence-corrected chi connectivity index (χ4v) is 12.6. The van der Waals surface area contributed by atoms with Gasteiger partial charge in [0.05, 0.1) is 61.6 Å². The molecule has 1 unspecified atom stereocenters. The minimum Gasteiger partial charge on any atom is -0.462 e. The zero-order valence-electron chi connectivity index (χ0n) is 69.2. The van der Waals surface area contributed by atoms with Crippen molar-refractivity contribution >= 4 is 71.6 Å². The second-order valence-electron chi connectivity index (χ2n) is 33.0. The molecule has 0 aromatic heterocycles. The van der Waals surface area contributed by atoms with Crippen LogP contribution < -0.4 is 0 Å². The number of hydrogen-bond acceptors (Lipinski definition) is 32. The molecule has 0 spiro atoms. The first-order chi connectivity index (χ1) is 57.2. The summed E-state index contributed by atoms with van der Waals surface area (Å²) < 4.78 is 120. The minimum absolute atomic E-state index is 0.00895. The first-order valence-corrected chi connectivity index (χ1v) is 39.1. The van der Waals surface area contributed by atoms with Gasteiger partial charge in [-0.1, -0.05) is 109 Å². The highest BCUT2D eigenvalue weighted by Crippen LogP contribution is 2.42. The van der Waals surface area contributed by atoms with Gasteiger partial charge in [-0.2, -0.15) is 0 Å². The Balaban J connectivity index is 1.08. The number of aliphatic hydroxyl groups is 1. The largest absolute Gasteiger partial charge is 0.462 e. The zero-order chi connectivity index (χ0) is 87.8. The molecule has 1 N–H and O–H groups in total. The van der Waals surface area contributed by atoms with E-state index in [4.69, 9.17) is 90.0 Å². The van der Waals surface area contributed by atoms with E-state index in [1.54, 1.807) is 84.9 Å². The van der Waals surface area contributed by atoms with Crippen molar-refractivity contribution in [2.45, 2.75) is 214 Å². The first-order valence-electron chi connectivity index (χ1n) is 39.1. The number of benzene rings is 6. The molecule has 121 heavy (non-hydrogen) atoms. The lowest BCUT2D eigenvalue weighted by Crippen LogP contribution is -2.51. The Hall–Kier alpha value is -11.4. The van der Waals surface area contributed by atoms with Crippen LogP contribution in [-0.2, 0) is 119 Å². The Morgan fingerprint density at radius 3 is 0.975 bits per heavy atom. The van der Waals surface area contributed by atoms with Gasteiger partial charge >= 0.3 is 71.6 Å². The van der Waals surface area contributed by atoms with Crippen LogP contribution in [0.3, 0.4) is 0 Å². The summed E-state index contributed by atoms with van der Waals surface area (Å²) in [6.07, 6.45) is -36.7. The number of hydrogen-bond donors (Lipinski definition) is 1. The molecule has 19 atom stereocenters. The predicted molar refractivity (Wildman–Crippen MR) is 418 cm³/mol. The Kier molecular flexibility index (Phi) is 30.7. The predicted octanol–water partition coefficient (Wildman–Crippen LogP) is 9.61. The lowest BCUT2D eigenvalue weighted by atomic mass is 9.96. The van der Waals surface area contributed by atoms with Gasteiger partial charge in [0, 0.05) is 13.8 Å². The highest BCUT2D eigenvalue weighted by atomic mass is 16.8. The fourth-order valence-electron chi connectivity index (χ4n) is 12.6. The molecule has 0 radical (unpaired) electrons. The van der Waals surface area contributed by atoms with E-state index < -0.39 is 236 Å². The Morgan fingerprint density at radius 1 is 0.306 bits per heavy atom. The van der Waals surface area contributed by atoms with Crippen LogP contribution in [0.25, 0.3) is 0 Å². The average molecular weight is 1680 g/mol. The van der Waals surface area contributed by atoms with Crippen molar-refractivity contribution in [1.29, 1.82) is 0 Å². The quantitative estimate of drug-likeness (QED) is 0.0312. The lowest BCUT2D eigenvalue weighted by molar-refractivity contribution is -0.265. The van der Waals surface area contributed by atoms with E-state index in [1.807, 2.05) is 0 Å². The fraction of sp³-hybridized carbons (Fsp3) is 0.461. The third-order valence-electron chi connectivity index (χ3n) is 19.0. The van der Waals surface area contributed by atoms with Crippen molar-refractivity contribution in [1.82, 2.24) is 0 Å². The van der Waals surface area contributed by atoms with E-state index in [-0.39, 0.29) is 33.4 Å². The average Bonchev–Trinajstić information content (AvgIpc) is 1.62. The van der Waals surface area contributed by atoms with E-state index in [1.165, 1.54) is 180 Å². The van der Waals surface area contributed by atoms with Crippen LogP contribution in [0.4, 0.5) is 0 Å². The third-order valence-corrected chi connectivity index (χ3v) is 19.0. The number of carbonyl (C=O) groups is 12. The molecular formula is C89H100O32. The van der Waals surface area contributed by atoms with E-state index >= 15 is 0 Å². The molecule has 6 aromatic carbocycles. The number of aliphatic hydroxyl groups excluding tert-OH is 1. The van der Waals surface area contributed by atoms with Gasteiger partial charge in [0.2, 0.25) is 0 Å². The van der Waals surface area contributed by atoms with Crippen molar-refractivity contribution in [3.05, 3.63) is 215 Å². The summed E-state index contributed by atoms with van der Waals surface area (Å²) in [5, 5.41) is 11.9. The molecule has 4 saturated heterocycles. The van der Waals surface area contributed by atoms with Crippen molar-refractivity contribution < 1.29 is 153 Å². The van der Waals surface area contributed by atoms with Crippen LogP contribution in [0.5, 0.6) is 0 Å². The van der Waals surface area contributed by atoms with Gasteiger partial charge in [-0.05, 0) is 156 Å². The maximum Gasteiger partial charge on any atom is 0.338 e.